The number of thiazole rings is 1. The predicted octanol–water partition coefficient (Wildman–Crippen LogP) is 1.75. The van der Waals surface area contributed by atoms with Gasteiger partial charge in [-0.2, -0.15) is 0 Å². The second-order valence-electron chi connectivity index (χ2n) is 1.73. The Morgan fingerprint density at radius 2 is 2.56 bits per heavy atom. The SMILES string of the molecule is CCc1nc(NC)cs1. The minimum Gasteiger partial charge on any atom is -0.372 e. The first-order valence-corrected chi connectivity index (χ1v) is 3.87. The van der Waals surface area contributed by atoms with E-state index in [0.29, 0.717) is 0 Å². The van der Waals surface area contributed by atoms with Crippen LogP contribution >= 0.6 is 11.3 Å². The van der Waals surface area contributed by atoms with Crippen LogP contribution < -0.4 is 5.32 Å². The molecule has 0 fully saturated rings. The molecule has 0 radical (unpaired) electrons. The summed E-state index contributed by atoms with van der Waals surface area (Å²) in [5.74, 6) is 0.983. The number of nitrogens with one attached hydrogen (secondary N) is 1. The number of hydrogen-bond acceptors (Lipinski definition) is 3. The Bertz CT molecular complexity index is 164. The maximum atomic E-state index is 4.25. The fourth-order valence-corrected chi connectivity index (χ4v) is 1.32. The van der Waals surface area contributed by atoms with Gasteiger partial charge in [-0.25, -0.2) is 4.98 Å². The lowest BCUT2D eigenvalue weighted by Crippen LogP contribution is -1.87. The summed E-state index contributed by atoms with van der Waals surface area (Å²) in [6, 6.07) is 0. The van der Waals surface area contributed by atoms with E-state index >= 15 is 0 Å². The number of anilines is 1. The van der Waals surface area contributed by atoms with Crippen molar-refractivity contribution < 1.29 is 0 Å². The van der Waals surface area contributed by atoms with Crippen LogP contribution in [0, 0.1) is 0 Å². The van der Waals surface area contributed by atoms with E-state index in [9.17, 15) is 0 Å². The third-order valence-corrected chi connectivity index (χ3v) is 2.10. The molecule has 1 rings (SSSR count). The Morgan fingerprint density at radius 3 is 2.89 bits per heavy atom. The minimum atomic E-state index is 0.983. The molecule has 0 aliphatic carbocycles. The molecule has 0 aliphatic heterocycles. The molecule has 50 valence electrons. The third-order valence-electron chi connectivity index (χ3n) is 1.11. The molecule has 2 nitrogen and oxygen atoms in total. The highest BCUT2D eigenvalue weighted by molar-refractivity contribution is 7.10. The summed E-state index contributed by atoms with van der Waals surface area (Å²) < 4.78 is 0. The van der Waals surface area contributed by atoms with E-state index in [2.05, 4.69) is 17.2 Å². The van der Waals surface area contributed by atoms with Crippen molar-refractivity contribution in [3.05, 3.63) is 10.4 Å². The fourth-order valence-electron chi connectivity index (χ4n) is 0.588. The average molecular weight is 142 g/mol. The molecule has 9 heavy (non-hydrogen) atoms. The van der Waals surface area contributed by atoms with E-state index < -0.39 is 0 Å². The molecule has 1 aromatic heterocycles. The summed E-state index contributed by atoms with van der Waals surface area (Å²) >= 11 is 1.70. The molecular formula is C6H10N2S. The highest BCUT2D eigenvalue weighted by atomic mass is 32.1. The molecule has 3 heteroatoms. The van der Waals surface area contributed by atoms with Gasteiger partial charge in [0.1, 0.15) is 5.82 Å². The van der Waals surface area contributed by atoms with Gasteiger partial charge in [-0.3, -0.25) is 0 Å². The third kappa shape index (κ3) is 1.42. The van der Waals surface area contributed by atoms with Gasteiger partial charge in [-0.1, -0.05) is 6.92 Å². The normalized spacial score (nSPS) is 9.56. The largest absolute Gasteiger partial charge is 0.372 e. The summed E-state index contributed by atoms with van der Waals surface area (Å²) in [6.07, 6.45) is 1.03. The maximum Gasteiger partial charge on any atom is 0.137 e. The van der Waals surface area contributed by atoms with Gasteiger partial charge in [-0.05, 0) is 6.42 Å². The van der Waals surface area contributed by atoms with Crippen molar-refractivity contribution in [2.24, 2.45) is 0 Å². The molecule has 0 aromatic carbocycles. The first kappa shape index (κ1) is 6.55. The maximum absolute atomic E-state index is 4.25. The zero-order chi connectivity index (χ0) is 6.69. The monoisotopic (exact) mass is 142 g/mol. The number of aromatic nitrogens is 1. The van der Waals surface area contributed by atoms with Crippen molar-refractivity contribution in [3.63, 3.8) is 0 Å². The van der Waals surface area contributed by atoms with Crippen LogP contribution in [-0.2, 0) is 6.42 Å². The second kappa shape index (κ2) is 2.82. The van der Waals surface area contributed by atoms with Gasteiger partial charge in [0.25, 0.3) is 0 Å². The lowest BCUT2D eigenvalue weighted by atomic mass is 10.5. The topological polar surface area (TPSA) is 24.9 Å². The van der Waals surface area contributed by atoms with E-state index in [4.69, 9.17) is 0 Å². The number of aryl methyl sites for hydroxylation is 1. The highest BCUT2D eigenvalue weighted by Crippen LogP contribution is 2.12. The van der Waals surface area contributed by atoms with Crippen molar-refractivity contribution >= 4 is 17.2 Å². The molecule has 1 N–H and O–H groups in total. The first-order chi connectivity index (χ1) is 4.36. The van der Waals surface area contributed by atoms with Crippen LogP contribution in [0.5, 0.6) is 0 Å². The molecule has 0 bridgehead atoms. The average Bonchev–Trinajstić information content (AvgIpc) is 2.34. The summed E-state index contributed by atoms with van der Waals surface area (Å²) in [5.41, 5.74) is 0. The molecule has 1 aromatic rings. The van der Waals surface area contributed by atoms with Crippen LogP contribution in [0.4, 0.5) is 5.82 Å². The molecule has 0 saturated heterocycles. The van der Waals surface area contributed by atoms with Crippen molar-refractivity contribution in [2.75, 3.05) is 12.4 Å². The van der Waals surface area contributed by atoms with Crippen molar-refractivity contribution in [1.29, 1.82) is 0 Å². The van der Waals surface area contributed by atoms with E-state index in [1.165, 1.54) is 5.01 Å². The van der Waals surface area contributed by atoms with Crippen molar-refractivity contribution in [1.82, 2.24) is 4.98 Å². The number of nitrogens with zero attached hydrogens (tertiary/aromatic N) is 1. The van der Waals surface area contributed by atoms with Crippen LogP contribution in [0.25, 0.3) is 0 Å². The van der Waals surface area contributed by atoms with Gasteiger partial charge in [0.2, 0.25) is 0 Å². The van der Waals surface area contributed by atoms with Gasteiger partial charge in [0.15, 0.2) is 0 Å². The summed E-state index contributed by atoms with van der Waals surface area (Å²) in [4.78, 5) is 4.25. The Balaban J connectivity index is 2.74. The summed E-state index contributed by atoms with van der Waals surface area (Å²) in [6.45, 7) is 2.11. The Morgan fingerprint density at radius 1 is 1.78 bits per heavy atom. The van der Waals surface area contributed by atoms with Gasteiger partial charge in [-0.15, -0.1) is 11.3 Å². The van der Waals surface area contributed by atoms with Crippen LogP contribution in [0.1, 0.15) is 11.9 Å². The highest BCUT2D eigenvalue weighted by Gasteiger charge is 1.94. The van der Waals surface area contributed by atoms with Crippen LogP contribution in [-0.4, -0.2) is 12.0 Å². The van der Waals surface area contributed by atoms with Crippen LogP contribution in [0.2, 0.25) is 0 Å². The fraction of sp³-hybridized carbons (Fsp3) is 0.500. The molecule has 1 heterocycles. The van der Waals surface area contributed by atoms with Crippen LogP contribution in [0.3, 0.4) is 0 Å². The van der Waals surface area contributed by atoms with Crippen molar-refractivity contribution in [2.45, 2.75) is 13.3 Å². The standard InChI is InChI=1S/C6H10N2S/c1-3-6-8-5(7-2)4-9-6/h4,7H,3H2,1-2H3. The van der Waals surface area contributed by atoms with E-state index in [1.807, 2.05) is 12.4 Å². The minimum absolute atomic E-state index is 0.983. The summed E-state index contributed by atoms with van der Waals surface area (Å²) in [7, 11) is 1.88. The molecule has 0 atom stereocenters. The molecular weight excluding hydrogens is 132 g/mol. The molecule has 0 saturated carbocycles. The lowest BCUT2D eigenvalue weighted by Gasteiger charge is -1.87. The second-order valence-corrected chi connectivity index (χ2v) is 2.67. The Hall–Kier alpha value is -0.570. The van der Waals surface area contributed by atoms with E-state index in [-0.39, 0.29) is 0 Å². The predicted molar refractivity (Wildman–Crippen MR) is 41.0 cm³/mol. The van der Waals surface area contributed by atoms with Gasteiger partial charge in [0.05, 0.1) is 5.01 Å². The van der Waals surface area contributed by atoms with Crippen molar-refractivity contribution in [3.8, 4) is 0 Å². The zero-order valence-electron chi connectivity index (χ0n) is 5.64. The van der Waals surface area contributed by atoms with Gasteiger partial charge >= 0.3 is 0 Å². The van der Waals surface area contributed by atoms with Gasteiger partial charge < -0.3 is 5.32 Å². The lowest BCUT2D eigenvalue weighted by molar-refractivity contribution is 1.09. The van der Waals surface area contributed by atoms with Crippen LogP contribution in [0.15, 0.2) is 5.38 Å². The Labute approximate surface area is 58.9 Å². The molecule has 0 spiro atoms. The molecule has 0 aliphatic rings. The smallest absolute Gasteiger partial charge is 0.137 e. The quantitative estimate of drug-likeness (QED) is 0.680. The Kier molecular flexibility index (Phi) is 2.05. The zero-order valence-corrected chi connectivity index (χ0v) is 6.46. The first-order valence-electron chi connectivity index (χ1n) is 2.99. The molecule has 0 amide bonds. The number of hydrogen-bond donors (Lipinski definition) is 1. The van der Waals surface area contributed by atoms with Gasteiger partial charge in [0, 0.05) is 12.4 Å². The van der Waals surface area contributed by atoms with E-state index in [0.717, 1.165) is 12.2 Å². The molecule has 0 unspecified atom stereocenters. The van der Waals surface area contributed by atoms with E-state index in [1.54, 1.807) is 11.3 Å². The number of rotatable bonds is 2. The summed E-state index contributed by atoms with van der Waals surface area (Å²) in [5, 5.41) is 6.20.